The molecular weight excluding hydrogens is 258 g/mol. The van der Waals surface area contributed by atoms with Gasteiger partial charge in [-0.2, -0.15) is 0 Å². The summed E-state index contributed by atoms with van der Waals surface area (Å²) in [4.78, 5) is 11.0. The van der Waals surface area contributed by atoms with E-state index in [-0.39, 0.29) is 16.7 Å². The molecule has 0 aliphatic carbocycles. The standard InChI is InChI=1S/C14H23N3O3/c1-5-15-11-7-6-8-12(14(11)17(18)19)16-13(9-20-4)10(2)3/h6-8,10,13,15-16H,5,9H2,1-4H3. The van der Waals surface area contributed by atoms with Crippen molar-refractivity contribution in [2.75, 3.05) is 30.9 Å². The zero-order chi connectivity index (χ0) is 15.1. The Kier molecular flexibility index (Phi) is 6.24. The van der Waals surface area contributed by atoms with Crippen molar-refractivity contribution < 1.29 is 9.66 Å². The fourth-order valence-corrected chi connectivity index (χ4v) is 1.97. The summed E-state index contributed by atoms with van der Waals surface area (Å²) in [6.45, 7) is 7.15. The first kappa shape index (κ1) is 16.2. The molecule has 1 aromatic carbocycles. The van der Waals surface area contributed by atoms with E-state index in [9.17, 15) is 10.1 Å². The molecule has 0 aromatic heterocycles. The average molecular weight is 281 g/mol. The van der Waals surface area contributed by atoms with Crippen molar-refractivity contribution >= 4 is 17.1 Å². The van der Waals surface area contributed by atoms with E-state index in [0.717, 1.165) is 0 Å². The molecule has 6 nitrogen and oxygen atoms in total. The number of para-hydroxylation sites is 1. The summed E-state index contributed by atoms with van der Waals surface area (Å²) in [6.07, 6.45) is 0. The van der Waals surface area contributed by atoms with Crippen LogP contribution in [0.3, 0.4) is 0 Å². The van der Waals surface area contributed by atoms with Gasteiger partial charge in [0.15, 0.2) is 0 Å². The van der Waals surface area contributed by atoms with Gasteiger partial charge in [0.2, 0.25) is 0 Å². The topological polar surface area (TPSA) is 76.4 Å². The molecule has 1 atom stereocenters. The molecule has 0 aliphatic heterocycles. The van der Waals surface area contributed by atoms with E-state index in [1.54, 1.807) is 25.3 Å². The lowest BCUT2D eigenvalue weighted by Gasteiger charge is -2.23. The van der Waals surface area contributed by atoms with Crippen molar-refractivity contribution in [1.29, 1.82) is 0 Å². The zero-order valence-corrected chi connectivity index (χ0v) is 12.5. The fourth-order valence-electron chi connectivity index (χ4n) is 1.97. The Bertz CT molecular complexity index is 449. The van der Waals surface area contributed by atoms with Crippen LogP contribution >= 0.6 is 0 Å². The van der Waals surface area contributed by atoms with Gasteiger partial charge in [0, 0.05) is 13.7 Å². The number of nitrogens with zero attached hydrogens (tertiary/aromatic N) is 1. The monoisotopic (exact) mass is 281 g/mol. The molecule has 6 heteroatoms. The molecular formula is C14H23N3O3. The average Bonchev–Trinajstić information content (AvgIpc) is 2.38. The van der Waals surface area contributed by atoms with Crippen LogP contribution in [0.2, 0.25) is 0 Å². The molecule has 0 saturated heterocycles. The summed E-state index contributed by atoms with van der Waals surface area (Å²) >= 11 is 0. The van der Waals surface area contributed by atoms with Crippen LogP contribution in [0.25, 0.3) is 0 Å². The summed E-state index contributed by atoms with van der Waals surface area (Å²) in [5, 5.41) is 17.6. The Labute approximate surface area is 119 Å². The number of anilines is 2. The van der Waals surface area contributed by atoms with Crippen molar-refractivity contribution in [2.24, 2.45) is 5.92 Å². The van der Waals surface area contributed by atoms with Crippen molar-refractivity contribution in [2.45, 2.75) is 26.8 Å². The quantitative estimate of drug-likeness (QED) is 0.565. The predicted octanol–water partition coefficient (Wildman–Crippen LogP) is 3.11. The number of ether oxygens (including phenoxy) is 1. The number of benzene rings is 1. The van der Waals surface area contributed by atoms with Crippen LogP contribution in [0.15, 0.2) is 18.2 Å². The van der Waals surface area contributed by atoms with Crippen LogP contribution < -0.4 is 10.6 Å². The summed E-state index contributed by atoms with van der Waals surface area (Å²) in [5.41, 5.74) is 1.13. The van der Waals surface area contributed by atoms with Crippen LogP contribution in [-0.4, -0.2) is 31.2 Å². The molecule has 1 unspecified atom stereocenters. The van der Waals surface area contributed by atoms with Gasteiger partial charge in [-0.15, -0.1) is 0 Å². The Morgan fingerprint density at radius 2 is 2.00 bits per heavy atom. The van der Waals surface area contributed by atoms with Crippen molar-refractivity contribution in [3.63, 3.8) is 0 Å². The summed E-state index contributed by atoms with van der Waals surface area (Å²) in [6, 6.07) is 5.27. The maximum absolute atomic E-state index is 11.3. The van der Waals surface area contributed by atoms with Crippen LogP contribution in [0.5, 0.6) is 0 Å². The number of nitro groups is 1. The highest BCUT2D eigenvalue weighted by molar-refractivity contribution is 5.76. The number of methoxy groups -OCH3 is 1. The lowest BCUT2D eigenvalue weighted by Crippen LogP contribution is -2.30. The molecule has 0 fully saturated rings. The highest BCUT2D eigenvalue weighted by Gasteiger charge is 2.22. The van der Waals surface area contributed by atoms with Gasteiger partial charge in [-0.05, 0) is 25.0 Å². The molecule has 0 radical (unpaired) electrons. The van der Waals surface area contributed by atoms with E-state index in [1.807, 2.05) is 6.92 Å². The Balaban J connectivity index is 3.09. The van der Waals surface area contributed by atoms with E-state index < -0.39 is 0 Å². The van der Waals surface area contributed by atoms with Crippen LogP contribution in [0.4, 0.5) is 17.1 Å². The van der Waals surface area contributed by atoms with Crippen molar-refractivity contribution in [1.82, 2.24) is 0 Å². The second kappa shape index (κ2) is 7.69. The SMILES string of the molecule is CCNc1cccc(NC(COC)C(C)C)c1[N+](=O)[O-]. The van der Waals surface area contributed by atoms with E-state index >= 15 is 0 Å². The van der Waals surface area contributed by atoms with Gasteiger partial charge >= 0.3 is 5.69 Å². The number of hydrogen-bond donors (Lipinski definition) is 2. The first-order valence-electron chi connectivity index (χ1n) is 6.78. The van der Waals surface area contributed by atoms with Crippen LogP contribution in [0.1, 0.15) is 20.8 Å². The first-order chi connectivity index (χ1) is 9.51. The third-order valence-electron chi connectivity index (χ3n) is 3.08. The maximum Gasteiger partial charge on any atom is 0.315 e. The second-order valence-corrected chi connectivity index (χ2v) is 4.94. The molecule has 1 rings (SSSR count). The summed E-state index contributed by atoms with van der Waals surface area (Å²) in [5.74, 6) is 0.303. The minimum absolute atomic E-state index is 0.0237. The first-order valence-corrected chi connectivity index (χ1v) is 6.78. The Morgan fingerprint density at radius 3 is 2.50 bits per heavy atom. The fraction of sp³-hybridized carbons (Fsp3) is 0.571. The van der Waals surface area contributed by atoms with Gasteiger partial charge in [-0.25, -0.2) is 0 Å². The van der Waals surface area contributed by atoms with Gasteiger partial charge in [0.05, 0.1) is 17.6 Å². The van der Waals surface area contributed by atoms with Crippen LogP contribution in [-0.2, 0) is 4.74 Å². The van der Waals surface area contributed by atoms with Gasteiger partial charge in [-0.1, -0.05) is 19.9 Å². The predicted molar refractivity (Wildman–Crippen MR) is 81.4 cm³/mol. The van der Waals surface area contributed by atoms with E-state index in [1.165, 1.54) is 0 Å². The van der Waals surface area contributed by atoms with Gasteiger partial charge < -0.3 is 15.4 Å². The molecule has 20 heavy (non-hydrogen) atoms. The lowest BCUT2D eigenvalue weighted by atomic mass is 10.0. The van der Waals surface area contributed by atoms with Gasteiger partial charge in [0.25, 0.3) is 0 Å². The van der Waals surface area contributed by atoms with E-state index in [2.05, 4.69) is 24.5 Å². The van der Waals surface area contributed by atoms with E-state index in [0.29, 0.717) is 30.4 Å². The second-order valence-electron chi connectivity index (χ2n) is 4.94. The van der Waals surface area contributed by atoms with Gasteiger partial charge in [0.1, 0.15) is 11.4 Å². The minimum atomic E-state index is -0.357. The Hall–Kier alpha value is -1.82. The van der Waals surface area contributed by atoms with Crippen LogP contribution in [0, 0.1) is 16.0 Å². The summed E-state index contributed by atoms with van der Waals surface area (Å²) in [7, 11) is 1.63. The molecule has 0 spiro atoms. The van der Waals surface area contributed by atoms with E-state index in [4.69, 9.17) is 4.74 Å². The lowest BCUT2D eigenvalue weighted by molar-refractivity contribution is -0.383. The molecule has 2 N–H and O–H groups in total. The number of nitrogens with one attached hydrogen (secondary N) is 2. The highest BCUT2D eigenvalue weighted by atomic mass is 16.6. The van der Waals surface area contributed by atoms with Crippen molar-refractivity contribution in [3.05, 3.63) is 28.3 Å². The zero-order valence-electron chi connectivity index (χ0n) is 12.5. The third kappa shape index (κ3) is 4.09. The Morgan fingerprint density at radius 1 is 1.35 bits per heavy atom. The smallest absolute Gasteiger partial charge is 0.315 e. The summed E-state index contributed by atoms with van der Waals surface area (Å²) < 4.78 is 5.17. The largest absolute Gasteiger partial charge is 0.383 e. The van der Waals surface area contributed by atoms with Gasteiger partial charge in [-0.3, -0.25) is 10.1 Å². The molecule has 0 aliphatic rings. The van der Waals surface area contributed by atoms with Crippen molar-refractivity contribution in [3.8, 4) is 0 Å². The third-order valence-corrected chi connectivity index (χ3v) is 3.08. The number of nitro benzene ring substituents is 1. The molecule has 112 valence electrons. The molecule has 0 heterocycles. The number of hydrogen-bond acceptors (Lipinski definition) is 5. The maximum atomic E-state index is 11.3. The molecule has 0 bridgehead atoms. The molecule has 0 saturated carbocycles. The minimum Gasteiger partial charge on any atom is -0.383 e. The molecule has 1 aromatic rings. The normalized spacial score (nSPS) is 12.2. The molecule has 0 amide bonds. The highest BCUT2D eigenvalue weighted by Crippen LogP contribution is 2.33. The number of rotatable bonds is 8.